The molecule has 13 nitrogen and oxygen atoms in total. The van der Waals surface area contributed by atoms with Crippen LogP contribution < -0.4 is 16.4 Å². The average molecular weight is 475 g/mol. The number of carboxylic acids is 3. The molecule has 1 fully saturated rings. The van der Waals surface area contributed by atoms with Gasteiger partial charge in [0, 0.05) is 19.9 Å². The number of nitrogens with zero attached hydrogens (tertiary/aromatic N) is 1. The van der Waals surface area contributed by atoms with Crippen LogP contribution in [0.25, 0.3) is 0 Å². The summed E-state index contributed by atoms with van der Waals surface area (Å²) in [4.78, 5) is 70.0. The minimum Gasteiger partial charge on any atom is -0.481 e. The Morgan fingerprint density at radius 3 is 2.00 bits per heavy atom. The predicted molar refractivity (Wildman–Crippen MR) is 115 cm³/mol. The van der Waals surface area contributed by atoms with Gasteiger partial charge in [0.1, 0.15) is 18.1 Å². The SMILES string of the molecule is CC(=O)O.CC(C)[C@H](NC(=O)[C@@H]1CCCN1C(=O)[C@H](CCC(=O)O)NC(=O)[C@H](C)N)C(=O)O. The minimum absolute atomic E-state index is 0.152. The number of nitrogens with two attached hydrogens (primary N) is 1. The first-order valence-corrected chi connectivity index (χ1v) is 10.5. The summed E-state index contributed by atoms with van der Waals surface area (Å²) in [5.41, 5.74) is 5.51. The molecule has 0 saturated carbocycles. The molecule has 1 aliphatic rings. The molecule has 1 heterocycles. The Bertz CT molecular complexity index is 735. The summed E-state index contributed by atoms with van der Waals surface area (Å²) in [5, 5.41) is 30.5. The highest BCUT2D eigenvalue weighted by Crippen LogP contribution is 2.20. The van der Waals surface area contributed by atoms with Crippen molar-refractivity contribution in [1.82, 2.24) is 15.5 Å². The van der Waals surface area contributed by atoms with Crippen LogP contribution in [0.5, 0.6) is 0 Å². The number of hydrogen-bond donors (Lipinski definition) is 6. The Labute approximate surface area is 191 Å². The maximum Gasteiger partial charge on any atom is 0.326 e. The van der Waals surface area contributed by atoms with Gasteiger partial charge in [-0.05, 0) is 32.1 Å². The zero-order valence-electron chi connectivity index (χ0n) is 19.2. The lowest BCUT2D eigenvalue weighted by Gasteiger charge is -2.30. The van der Waals surface area contributed by atoms with Crippen molar-refractivity contribution < 1.29 is 44.1 Å². The molecule has 1 aliphatic heterocycles. The van der Waals surface area contributed by atoms with E-state index in [9.17, 15) is 29.1 Å². The Kier molecular flexibility index (Phi) is 12.7. The number of rotatable bonds is 10. The molecule has 188 valence electrons. The van der Waals surface area contributed by atoms with Gasteiger partial charge in [0.2, 0.25) is 17.7 Å². The summed E-state index contributed by atoms with van der Waals surface area (Å²) in [6, 6.07) is -4.02. The third kappa shape index (κ3) is 10.8. The molecule has 0 aromatic rings. The predicted octanol–water partition coefficient (Wildman–Crippen LogP) is -1.01. The molecule has 0 spiro atoms. The topological polar surface area (TPSA) is 216 Å². The minimum atomic E-state index is -1.17. The van der Waals surface area contributed by atoms with Gasteiger partial charge in [-0.15, -0.1) is 0 Å². The Morgan fingerprint density at radius 1 is 1.03 bits per heavy atom. The molecule has 4 atom stereocenters. The molecule has 1 rings (SSSR count). The molecular weight excluding hydrogens is 440 g/mol. The Morgan fingerprint density at radius 2 is 1.58 bits per heavy atom. The van der Waals surface area contributed by atoms with Gasteiger partial charge in [0.15, 0.2) is 0 Å². The number of carbonyl (C=O) groups is 6. The van der Waals surface area contributed by atoms with Crippen LogP contribution in [0.3, 0.4) is 0 Å². The highest BCUT2D eigenvalue weighted by molar-refractivity contribution is 5.94. The average Bonchev–Trinajstić information content (AvgIpc) is 3.17. The van der Waals surface area contributed by atoms with Crippen LogP contribution in [-0.2, 0) is 28.8 Å². The largest absolute Gasteiger partial charge is 0.481 e. The number of amides is 3. The maximum atomic E-state index is 13.0. The monoisotopic (exact) mass is 474 g/mol. The third-order valence-electron chi connectivity index (χ3n) is 4.74. The van der Waals surface area contributed by atoms with E-state index < -0.39 is 59.8 Å². The van der Waals surface area contributed by atoms with Crippen LogP contribution in [0, 0.1) is 5.92 Å². The van der Waals surface area contributed by atoms with Crippen molar-refractivity contribution in [3.8, 4) is 0 Å². The highest BCUT2D eigenvalue weighted by atomic mass is 16.4. The van der Waals surface area contributed by atoms with E-state index in [2.05, 4.69) is 10.6 Å². The van der Waals surface area contributed by atoms with Crippen LogP contribution in [0.1, 0.15) is 53.4 Å². The summed E-state index contributed by atoms with van der Waals surface area (Å²) < 4.78 is 0. The van der Waals surface area contributed by atoms with Gasteiger partial charge in [-0.3, -0.25) is 24.0 Å². The molecule has 7 N–H and O–H groups in total. The second-order valence-corrected chi connectivity index (χ2v) is 8.06. The Balaban J connectivity index is 0.00000235. The summed E-state index contributed by atoms with van der Waals surface area (Å²) in [7, 11) is 0. The number of carbonyl (C=O) groups excluding carboxylic acids is 3. The summed E-state index contributed by atoms with van der Waals surface area (Å²) in [6.45, 7) is 6.07. The molecule has 0 aliphatic carbocycles. The lowest BCUT2D eigenvalue weighted by molar-refractivity contribution is -0.146. The van der Waals surface area contributed by atoms with E-state index in [4.69, 9.17) is 20.7 Å². The first kappa shape index (κ1) is 29.8. The second kappa shape index (κ2) is 14.0. The van der Waals surface area contributed by atoms with Crippen molar-refractivity contribution in [1.29, 1.82) is 0 Å². The van der Waals surface area contributed by atoms with Gasteiger partial charge in [0.05, 0.1) is 6.04 Å². The molecule has 13 heteroatoms. The van der Waals surface area contributed by atoms with Crippen molar-refractivity contribution in [2.75, 3.05) is 6.54 Å². The van der Waals surface area contributed by atoms with Crippen molar-refractivity contribution in [2.45, 2.75) is 77.5 Å². The summed E-state index contributed by atoms with van der Waals surface area (Å²) in [6.07, 6.45) is 0.362. The van der Waals surface area contributed by atoms with Crippen LogP contribution >= 0.6 is 0 Å². The Hall–Kier alpha value is -3.22. The lowest BCUT2D eigenvalue weighted by atomic mass is 10.0. The zero-order chi connectivity index (χ0) is 25.9. The second-order valence-electron chi connectivity index (χ2n) is 8.06. The smallest absolute Gasteiger partial charge is 0.326 e. The number of hydrogen-bond acceptors (Lipinski definition) is 7. The van der Waals surface area contributed by atoms with Crippen LogP contribution in [0.15, 0.2) is 0 Å². The summed E-state index contributed by atoms with van der Waals surface area (Å²) >= 11 is 0. The van der Waals surface area contributed by atoms with Gasteiger partial charge in [0.25, 0.3) is 5.97 Å². The van der Waals surface area contributed by atoms with Gasteiger partial charge in [-0.25, -0.2) is 4.79 Å². The highest BCUT2D eigenvalue weighted by Gasteiger charge is 2.39. The van der Waals surface area contributed by atoms with E-state index in [1.165, 1.54) is 11.8 Å². The lowest BCUT2D eigenvalue weighted by Crippen LogP contribution is -2.57. The van der Waals surface area contributed by atoms with E-state index in [0.29, 0.717) is 12.8 Å². The first-order valence-electron chi connectivity index (χ1n) is 10.5. The van der Waals surface area contributed by atoms with Crippen molar-refractivity contribution >= 4 is 35.6 Å². The molecule has 3 amide bonds. The third-order valence-corrected chi connectivity index (χ3v) is 4.74. The van der Waals surface area contributed by atoms with E-state index in [-0.39, 0.29) is 25.3 Å². The van der Waals surface area contributed by atoms with Crippen molar-refractivity contribution in [3.63, 3.8) is 0 Å². The fourth-order valence-electron chi connectivity index (χ4n) is 3.09. The van der Waals surface area contributed by atoms with Gasteiger partial charge in [-0.1, -0.05) is 13.8 Å². The quantitative estimate of drug-likeness (QED) is 0.227. The zero-order valence-corrected chi connectivity index (χ0v) is 19.2. The maximum absolute atomic E-state index is 13.0. The number of nitrogens with one attached hydrogen (secondary N) is 2. The fraction of sp³-hybridized carbons (Fsp3) is 0.700. The number of aliphatic carboxylic acids is 3. The van der Waals surface area contributed by atoms with Crippen molar-refractivity contribution in [3.05, 3.63) is 0 Å². The number of carboxylic acid groups (broad SMARTS) is 3. The molecular formula is C20H34N4O9. The molecule has 0 bridgehead atoms. The van der Waals surface area contributed by atoms with Gasteiger partial charge >= 0.3 is 11.9 Å². The van der Waals surface area contributed by atoms with Crippen LogP contribution in [0.2, 0.25) is 0 Å². The van der Waals surface area contributed by atoms with E-state index in [0.717, 1.165) is 6.92 Å². The van der Waals surface area contributed by atoms with Crippen LogP contribution in [0.4, 0.5) is 0 Å². The molecule has 0 radical (unpaired) electrons. The summed E-state index contributed by atoms with van der Waals surface area (Å²) in [5.74, 6) is -5.28. The first-order chi connectivity index (χ1) is 15.2. The van der Waals surface area contributed by atoms with E-state index in [1.807, 2.05) is 0 Å². The van der Waals surface area contributed by atoms with Crippen molar-refractivity contribution in [2.24, 2.45) is 11.7 Å². The van der Waals surface area contributed by atoms with E-state index >= 15 is 0 Å². The fourth-order valence-corrected chi connectivity index (χ4v) is 3.09. The normalized spacial score (nSPS) is 17.8. The molecule has 0 aromatic heterocycles. The molecule has 33 heavy (non-hydrogen) atoms. The number of likely N-dealkylation sites (tertiary alicyclic amines) is 1. The molecule has 0 unspecified atom stereocenters. The van der Waals surface area contributed by atoms with Crippen LogP contribution in [-0.4, -0.2) is 86.6 Å². The molecule has 0 aromatic carbocycles. The van der Waals surface area contributed by atoms with E-state index in [1.54, 1.807) is 13.8 Å². The van der Waals surface area contributed by atoms with Gasteiger partial charge < -0.3 is 36.6 Å². The molecule has 1 saturated heterocycles. The van der Waals surface area contributed by atoms with Gasteiger partial charge in [-0.2, -0.15) is 0 Å². The standard InChI is InChI=1S/C18H30N4O7.C2H4O2/c1-9(2)14(18(28)29)21-16(26)12-5-4-8-22(12)17(27)11(6-7-13(23)24)20-15(25)10(3)19;1-2(3)4/h9-12,14H,4-8,19H2,1-3H3,(H,20,25)(H,21,26)(H,23,24)(H,28,29);1H3,(H,3,4)/t10-,11-,12-,14-;/m0./s1.